The third-order valence-electron chi connectivity index (χ3n) is 3.74. The molecule has 2 aromatic heterocycles. The normalized spacial score (nSPS) is 17.8. The molecule has 0 spiro atoms. The maximum Gasteiger partial charge on any atom is 0.373 e. The molecule has 4 heterocycles. The lowest BCUT2D eigenvalue weighted by Crippen LogP contribution is -2.36. The molecule has 2 aliphatic rings. The zero-order valence-electron chi connectivity index (χ0n) is 9.34. The number of hydrogen-bond acceptors (Lipinski definition) is 0. The maximum atomic E-state index is 2.40. The molecule has 0 atom stereocenters. The van der Waals surface area contributed by atoms with Crippen LogP contribution in [0.15, 0.2) is 24.8 Å². The van der Waals surface area contributed by atoms with Crippen molar-refractivity contribution in [3.05, 3.63) is 24.8 Å². The molecule has 0 unspecified atom stereocenters. The van der Waals surface area contributed by atoms with Gasteiger partial charge in [0.2, 0.25) is 0 Å². The minimum atomic E-state index is 1.14. The summed E-state index contributed by atoms with van der Waals surface area (Å²) >= 11 is 0. The standard InChI is InChI=1S/C12H16N4/c1-3-13-7-9-15-5-2-6-16-10-8-14(4-1)12(16)11(13)15/h7-10H,1-6H2/q+2. The zero-order valence-corrected chi connectivity index (χ0v) is 9.34. The van der Waals surface area contributed by atoms with E-state index < -0.39 is 0 Å². The second-order valence-corrected chi connectivity index (χ2v) is 4.72. The lowest BCUT2D eigenvalue weighted by molar-refractivity contribution is -0.686. The topological polar surface area (TPSA) is 17.6 Å². The highest BCUT2D eigenvalue weighted by Gasteiger charge is 2.36. The summed E-state index contributed by atoms with van der Waals surface area (Å²) in [5.41, 5.74) is 0. The molecule has 0 saturated heterocycles. The van der Waals surface area contributed by atoms with Crippen molar-refractivity contribution in [3.63, 3.8) is 0 Å². The molecule has 0 aromatic carbocycles. The largest absolute Gasteiger partial charge is 0.373 e. The number of aryl methyl sites for hydroxylation is 4. The Morgan fingerprint density at radius 1 is 0.812 bits per heavy atom. The van der Waals surface area contributed by atoms with E-state index in [0.717, 1.165) is 26.2 Å². The highest BCUT2D eigenvalue weighted by molar-refractivity contribution is 5.37. The van der Waals surface area contributed by atoms with E-state index in [1.165, 1.54) is 24.5 Å². The summed E-state index contributed by atoms with van der Waals surface area (Å²) in [6.07, 6.45) is 11.4. The van der Waals surface area contributed by atoms with Gasteiger partial charge in [0.25, 0.3) is 0 Å². The molecule has 0 bridgehead atoms. The lowest BCUT2D eigenvalue weighted by atomic mass is 10.4. The van der Waals surface area contributed by atoms with E-state index in [1.54, 1.807) is 0 Å². The molecule has 4 rings (SSSR count). The fourth-order valence-electron chi connectivity index (χ4n) is 2.99. The van der Waals surface area contributed by atoms with Crippen LogP contribution in [-0.4, -0.2) is 9.13 Å². The van der Waals surface area contributed by atoms with Crippen LogP contribution in [0.5, 0.6) is 0 Å². The Hall–Kier alpha value is -1.58. The Balaban J connectivity index is 2.10. The van der Waals surface area contributed by atoms with Gasteiger partial charge in [-0.15, -0.1) is 0 Å². The number of rotatable bonds is 0. The summed E-state index contributed by atoms with van der Waals surface area (Å²) in [5.74, 6) is 2.78. The number of nitrogens with zero attached hydrogens (tertiary/aromatic N) is 4. The van der Waals surface area contributed by atoms with Gasteiger partial charge in [-0.25, -0.2) is 18.3 Å². The van der Waals surface area contributed by atoms with Crippen molar-refractivity contribution in [1.29, 1.82) is 0 Å². The summed E-state index contributed by atoms with van der Waals surface area (Å²) in [7, 11) is 0. The van der Waals surface area contributed by atoms with Gasteiger partial charge in [-0.2, -0.15) is 0 Å². The van der Waals surface area contributed by atoms with Gasteiger partial charge in [0.15, 0.2) is 0 Å². The van der Waals surface area contributed by atoms with Crippen molar-refractivity contribution in [1.82, 2.24) is 9.13 Å². The minimum absolute atomic E-state index is 1.14. The highest BCUT2D eigenvalue weighted by atomic mass is 15.3. The predicted octanol–water partition coefficient (Wildman–Crippen LogP) is 0.339. The summed E-state index contributed by atoms with van der Waals surface area (Å²) in [5, 5.41) is 0. The van der Waals surface area contributed by atoms with E-state index in [0.29, 0.717) is 0 Å². The van der Waals surface area contributed by atoms with Crippen molar-refractivity contribution in [2.75, 3.05) is 0 Å². The Labute approximate surface area is 94.4 Å². The van der Waals surface area contributed by atoms with Crippen LogP contribution < -0.4 is 9.13 Å². The molecule has 2 aliphatic heterocycles. The van der Waals surface area contributed by atoms with Gasteiger partial charge in [-0.3, -0.25) is 0 Å². The van der Waals surface area contributed by atoms with Gasteiger partial charge in [0, 0.05) is 12.8 Å². The second kappa shape index (κ2) is 2.97. The number of imidazole rings is 2. The summed E-state index contributed by atoms with van der Waals surface area (Å²) in [4.78, 5) is 0. The van der Waals surface area contributed by atoms with Crippen molar-refractivity contribution in [3.8, 4) is 11.6 Å². The Morgan fingerprint density at radius 3 is 1.94 bits per heavy atom. The first-order valence-corrected chi connectivity index (χ1v) is 6.11. The van der Waals surface area contributed by atoms with Crippen LogP contribution >= 0.6 is 0 Å². The first kappa shape index (κ1) is 8.56. The molecule has 4 heteroatoms. The van der Waals surface area contributed by atoms with Gasteiger partial charge in [0.05, 0.1) is 26.2 Å². The van der Waals surface area contributed by atoms with E-state index >= 15 is 0 Å². The van der Waals surface area contributed by atoms with Crippen LogP contribution in [0.2, 0.25) is 0 Å². The van der Waals surface area contributed by atoms with Crippen LogP contribution in [0.1, 0.15) is 12.8 Å². The summed E-state index contributed by atoms with van der Waals surface area (Å²) < 4.78 is 9.61. The molecule has 0 fully saturated rings. The monoisotopic (exact) mass is 216 g/mol. The smallest absolute Gasteiger partial charge is 0.223 e. The van der Waals surface area contributed by atoms with Crippen molar-refractivity contribution in [2.45, 2.75) is 39.0 Å². The summed E-state index contributed by atoms with van der Waals surface area (Å²) in [6.45, 7) is 4.57. The third kappa shape index (κ3) is 0.991. The minimum Gasteiger partial charge on any atom is -0.223 e. The van der Waals surface area contributed by atoms with Gasteiger partial charge >= 0.3 is 11.6 Å². The molecule has 0 radical (unpaired) electrons. The van der Waals surface area contributed by atoms with E-state index in [-0.39, 0.29) is 0 Å². The third-order valence-corrected chi connectivity index (χ3v) is 3.74. The maximum absolute atomic E-state index is 2.40. The molecule has 0 saturated carbocycles. The second-order valence-electron chi connectivity index (χ2n) is 4.72. The van der Waals surface area contributed by atoms with Gasteiger partial charge < -0.3 is 0 Å². The first-order chi connectivity index (χ1) is 7.93. The van der Waals surface area contributed by atoms with Crippen molar-refractivity contribution >= 4 is 0 Å². The molecule has 2 aromatic rings. The van der Waals surface area contributed by atoms with Crippen LogP contribution in [-0.2, 0) is 26.2 Å². The SMILES string of the molecule is c1c[n+]2c3n1CCCn1cc[n+](c1-3)CCC2. The average Bonchev–Trinajstić information content (AvgIpc) is 2.76. The lowest BCUT2D eigenvalue weighted by Gasteiger charge is -1.95. The molecule has 82 valence electrons. The fraction of sp³-hybridized carbons (Fsp3) is 0.500. The average molecular weight is 216 g/mol. The quantitative estimate of drug-likeness (QED) is 0.565. The fourth-order valence-corrected chi connectivity index (χ4v) is 2.99. The van der Waals surface area contributed by atoms with Gasteiger partial charge in [0.1, 0.15) is 24.8 Å². The van der Waals surface area contributed by atoms with Crippen LogP contribution in [0, 0.1) is 0 Å². The van der Waals surface area contributed by atoms with Crippen LogP contribution in [0.3, 0.4) is 0 Å². The van der Waals surface area contributed by atoms with Crippen LogP contribution in [0.4, 0.5) is 0 Å². The van der Waals surface area contributed by atoms with Crippen molar-refractivity contribution < 1.29 is 9.13 Å². The molecule has 4 nitrogen and oxygen atoms in total. The van der Waals surface area contributed by atoms with Crippen LogP contribution in [0.25, 0.3) is 11.6 Å². The molecule has 0 aliphatic carbocycles. The Morgan fingerprint density at radius 2 is 1.38 bits per heavy atom. The number of aromatic nitrogens is 4. The van der Waals surface area contributed by atoms with Gasteiger partial charge in [-0.05, 0) is 0 Å². The van der Waals surface area contributed by atoms with E-state index in [4.69, 9.17) is 0 Å². The van der Waals surface area contributed by atoms with E-state index in [9.17, 15) is 0 Å². The summed E-state index contributed by atoms with van der Waals surface area (Å²) in [6, 6.07) is 0. The highest BCUT2D eigenvalue weighted by Crippen LogP contribution is 2.19. The Kier molecular flexibility index (Phi) is 1.59. The Bertz CT molecular complexity index is 456. The van der Waals surface area contributed by atoms with Gasteiger partial charge in [-0.1, -0.05) is 0 Å². The van der Waals surface area contributed by atoms with Crippen molar-refractivity contribution in [2.24, 2.45) is 0 Å². The molecular formula is C12H16N4+2. The zero-order chi connectivity index (χ0) is 10.5. The number of hydrogen-bond donors (Lipinski definition) is 0. The first-order valence-electron chi connectivity index (χ1n) is 6.11. The van der Waals surface area contributed by atoms with E-state index in [1.807, 2.05) is 0 Å². The predicted molar refractivity (Wildman–Crippen MR) is 57.5 cm³/mol. The molecular weight excluding hydrogens is 200 g/mol. The van der Waals surface area contributed by atoms with E-state index in [2.05, 4.69) is 43.1 Å². The molecule has 16 heavy (non-hydrogen) atoms. The molecule has 0 amide bonds. The molecule has 0 N–H and O–H groups in total.